The van der Waals surface area contributed by atoms with Crippen LogP contribution in [-0.4, -0.2) is 33.0 Å². The highest BCUT2D eigenvalue weighted by Crippen LogP contribution is 2.50. The highest BCUT2D eigenvalue weighted by molar-refractivity contribution is 5.73. The van der Waals surface area contributed by atoms with E-state index in [1.165, 1.54) is 43.3 Å². The quantitative estimate of drug-likeness (QED) is 0.255. The van der Waals surface area contributed by atoms with E-state index in [0.29, 0.717) is 22.5 Å². The Hall–Kier alpha value is -3.87. The maximum Gasteiger partial charge on any atom is 0.188 e. The van der Waals surface area contributed by atoms with E-state index >= 15 is 0 Å². The van der Waals surface area contributed by atoms with Crippen LogP contribution in [0.15, 0.2) is 73.6 Å². The molecule has 1 aliphatic heterocycles. The van der Waals surface area contributed by atoms with Crippen LogP contribution in [0.4, 0.5) is 10.2 Å². The second-order valence-corrected chi connectivity index (χ2v) is 11.4. The molecule has 2 unspecified atom stereocenters. The Morgan fingerprint density at radius 2 is 1.79 bits per heavy atom. The number of anilines is 1. The van der Waals surface area contributed by atoms with E-state index in [0.717, 1.165) is 48.9 Å². The lowest BCUT2D eigenvalue weighted by Crippen LogP contribution is -2.26. The zero-order valence-electron chi connectivity index (χ0n) is 22.6. The molecule has 1 spiro atoms. The third-order valence-electron chi connectivity index (χ3n) is 8.31. The van der Waals surface area contributed by atoms with Crippen LogP contribution < -0.4 is 9.64 Å². The van der Waals surface area contributed by atoms with Crippen molar-refractivity contribution in [2.24, 2.45) is 11.3 Å². The summed E-state index contributed by atoms with van der Waals surface area (Å²) in [4.78, 5) is 19.9. The van der Waals surface area contributed by atoms with Gasteiger partial charge in [-0.2, -0.15) is 0 Å². The molecule has 3 heterocycles. The van der Waals surface area contributed by atoms with Gasteiger partial charge in [0.1, 0.15) is 24.2 Å². The van der Waals surface area contributed by atoms with E-state index < -0.39 is 0 Å². The molecule has 200 valence electrons. The molecule has 2 atom stereocenters. The van der Waals surface area contributed by atoms with Gasteiger partial charge < -0.3 is 9.64 Å². The first-order chi connectivity index (χ1) is 19.0. The van der Waals surface area contributed by atoms with Crippen LogP contribution >= 0.6 is 0 Å². The van der Waals surface area contributed by atoms with E-state index in [2.05, 4.69) is 69.0 Å². The summed E-state index contributed by atoms with van der Waals surface area (Å²) in [6.45, 7) is 6.02. The molecular formula is C32H34FN5O. The molecule has 0 radical (unpaired) electrons. The van der Waals surface area contributed by atoms with Gasteiger partial charge in [-0.05, 0) is 73.1 Å². The number of rotatable bonds is 7. The fourth-order valence-electron chi connectivity index (χ4n) is 6.48. The fourth-order valence-corrected chi connectivity index (χ4v) is 6.48. The minimum Gasteiger partial charge on any atom is -0.451 e. The van der Waals surface area contributed by atoms with Gasteiger partial charge in [0.15, 0.2) is 11.6 Å². The van der Waals surface area contributed by atoms with Gasteiger partial charge in [-0.15, -0.1) is 0 Å². The van der Waals surface area contributed by atoms with Crippen LogP contribution in [0.1, 0.15) is 56.7 Å². The van der Waals surface area contributed by atoms with Crippen molar-refractivity contribution in [3.63, 3.8) is 0 Å². The van der Waals surface area contributed by atoms with Crippen LogP contribution in [0.25, 0.3) is 11.1 Å². The Morgan fingerprint density at radius 1 is 0.974 bits per heavy atom. The second-order valence-electron chi connectivity index (χ2n) is 11.4. The number of aromatic nitrogens is 4. The fraction of sp³-hybridized carbons (Fsp3) is 0.375. The number of benzene rings is 2. The van der Waals surface area contributed by atoms with Crippen molar-refractivity contribution in [1.82, 2.24) is 19.9 Å². The molecule has 7 heteroatoms. The van der Waals surface area contributed by atoms with Gasteiger partial charge in [0.05, 0.1) is 11.9 Å². The summed E-state index contributed by atoms with van der Waals surface area (Å²) in [6.07, 6.45) is 12.6. The smallest absolute Gasteiger partial charge is 0.188 e. The Morgan fingerprint density at radius 3 is 2.64 bits per heavy atom. The summed E-state index contributed by atoms with van der Waals surface area (Å²) in [6, 6.07) is 15.4. The van der Waals surface area contributed by atoms with Crippen LogP contribution in [0, 0.1) is 17.2 Å². The molecule has 4 aromatic rings. The third-order valence-corrected chi connectivity index (χ3v) is 8.31. The molecule has 1 saturated heterocycles. The minimum atomic E-state index is -0.340. The Kier molecular flexibility index (Phi) is 6.98. The van der Waals surface area contributed by atoms with Crippen LogP contribution in [-0.2, 0) is 6.42 Å². The number of nitrogens with zero attached hydrogens (tertiary/aromatic N) is 5. The summed E-state index contributed by atoms with van der Waals surface area (Å²) in [5.41, 5.74) is 3.97. The van der Waals surface area contributed by atoms with Gasteiger partial charge in [-0.3, -0.25) is 0 Å². The molecule has 0 amide bonds. The molecule has 2 aliphatic rings. The van der Waals surface area contributed by atoms with Gasteiger partial charge in [0, 0.05) is 30.4 Å². The average molecular weight is 524 g/mol. The van der Waals surface area contributed by atoms with E-state index in [4.69, 9.17) is 4.74 Å². The highest BCUT2D eigenvalue weighted by atomic mass is 19.1. The number of hydrogen-bond acceptors (Lipinski definition) is 6. The molecule has 1 saturated carbocycles. The highest BCUT2D eigenvalue weighted by Gasteiger charge is 2.44. The molecule has 39 heavy (non-hydrogen) atoms. The number of hydrogen-bond donors (Lipinski definition) is 0. The Labute approximate surface area is 229 Å². The predicted octanol–water partition coefficient (Wildman–Crippen LogP) is 7.23. The standard InChI is InChI=1S/C32H34FN5O/c1-22(2)30-27(17-34-20-36-30)26-15-25(33)8-9-28(26)39-29-18-35-21-37-31(29)38-13-12-32(19-38)11-10-24(16-32)14-23-6-4-3-5-7-23/h3-9,15,17-18,20-22,24H,10-14,16,19H2,1-2H3. The lowest BCUT2D eigenvalue weighted by Gasteiger charge is -2.26. The van der Waals surface area contributed by atoms with Crippen molar-refractivity contribution < 1.29 is 9.13 Å². The van der Waals surface area contributed by atoms with Crippen molar-refractivity contribution in [3.05, 3.63) is 90.7 Å². The maximum atomic E-state index is 14.4. The monoisotopic (exact) mass is 523 g/mol. The van der Waals surface area contributed by atoms with Gasteiger partial charge >= 0.3 is 0 Å². The summed E-state index contributed by atoms with van der Waals surface area (Å²) >= 11 is 0. The molecule has 0 bridgehead atoms. The van der Waals surface area contributed by atoms with E-state index in [1.807, 2.05) is 0 Å². The lowest BCUT2D eigenvalue weighted by atomic mass is 9.83. The average Bonchev–Trinajstić information content (AvgIpc) is 3.56. The molecule has 1 aliphatic carbocycles. The molecule has 2 aromatic heterocycles. The summed E-state index contributed by atoms with van der Waals surface area (Å²) in [5, 5.41) is 0. The zero-order chi connectivity index (χ0) is 26.8. The molecule has 0 N–H and O–H groups in total. The largest absolute Gasteiger partial charge is 0.451 e. The second kappa shape index (κ2) is 10.7. The molecular weight excluding hydrogens is 489 g/mol. The van der Waals surface area contributed by atoms with E-state index in [9.17, 15) is 4.39 Å². The van der Waals surface area contributed by atoms with Crippen molar-refractivity contribution in [2.45, 2.75) is 51.9 Å². The van der Waals surface area contributed by atoms with E-state index in [1.54, 1.807) is 24.8 Å². The Balaban J connectivity index is 1.24. The third kappa shape index (κ3) is 5.35. The van der Waals surface area contributed by atoms with Gasteiger partial charge in [-0.25, -0.2) is 24.3 Å². The van der Waals surface area contributed by atoms with Crippen molar-refractivity contribution in [3.8, 4) is 22.6 Å². The molecule has 2 fully saturated rings. The molecule has 6 nitrogen and oxygen atoms in total. The van der Waals surface area contributed by atoms with Crippen LogP contribution in [0.3, 0.4) is 0 Å². The van der Waals surface area contributed by atoms with Gasteiger partial charge in [0.25, 0.3) is 0 Å². The van der Waals surface area contributed by atoms with Crippen molar-refractivity contribution in [1.29, 1.82) is 0 Å². The SMILES string of the molecule is CC(C)c1ncncc1-c1cc(F)ccc1Oc1cncnc1N1CCC2(CCC(Cc3ccccc3)C2)C1. The van der Waals surface area contributed by atoms with Crippen molar-refractivity contribution in [2.75, 3.05) is 18.0 Å². The molecule has 2 aromatic carbocycles. The lowest BCUT2D eigenvalue weighted by molar-refractivity contribution is 0.322. The first-order valence-electron chi connectivity index (χ1n) is 13.9. The topological polar surface area (TPSA) is 64.0 Å². The van der Waals surface area contributed by atoms with Crippen LogP contribution in [0.2, 0.25) is 0 Å². The number of halogens is 1. The Bertz CT molecular complexity index is 1450. The predicted molar refractivity (Wildman–Crippen MR) is 150 cm³/mol. The summed E-state index contributed by atoms with van der Waals surface area (Å²) < 4.78 is 20.9. The van der Waals surface area contributed by atoms with Gasteiger partial charge in [-0.1, -0.05) is 44.2 Å². The van der Waals surface area contributed by atoms with Crippen LogP contribution in [0.5, 0.6) is 11.5 Å². The van der Waals surface area contributed by atoms with Gasteiger partial charge in [0.2, 0.25) is 0 Å². The maximum absolute atomic E-state index is 14.4. The minimum absolute atomic E-state index is 0.146. The summed E-state index contributed by atoms with van der Waals surface area (Å²) in [5.74, 6) is 2.42. The first kappa shape index (κ1) is 25.4. The van der Waals surface area contributed by atoms with Crippen molar-refractivity contribution >= 4 is 5.82 Å². The normalized spacial score (nSPS) is 20.7. The zero-order valence-corrected chi connectivity index (χ0v) is 22.6. The first-order valence-corrected chi connectivity index (χ1v) is 13.9. The van der Waals surface area contributed by atoms with E-state index in [-0.39, 0.29) is 11.7 Å². The number of ether oxygens (including phenoxy) is 1. The summed E-state index contributed by atoms with van der Waals surface area (Å²) in [7, 11) is 0. The molecule has 6 rings (SSSR count).